The Morgan fingerprint density at radius 1 is 1.38 bits per heavy atom. The fourth-order valence-electron chi connectivity index (χ4n) is 1.85. The van der Waals surface area contributed by atoms with Gasteiger partial charge in [-0.1, -0.05) is 0 Å². The van der Waals surface area contributed by atoms with E-state index in [-0.39, 0.29) is 5.54 Å². The maximum Gasteiger partial charge on any atom is 0.211 e. The molecular weight excluding hydrogens is 288 g/mol. The van der Waals surface area contributed by atoms with E-state index in [0.717, 1.165) is 51.4 Å². The van der Waals surface area contributed by atoms with E-state index in [1.54, 1.807) is 0 Å². The van der Waals surface area contributed by atoms with Crippen molar-refractivity contribution in [1.29, 1.82) is 0 Å². The molecular formula is C14H28N4O2S. The van der Waals surface area contributed by atoms with Crippen molar-refractivity contribution in [3.05, 3.63) is 0 Å². The van der Waals surface area contributed by atoms with Crippen LogP contribution in [0.1, 0.15) is 27.2 Å². The number of nitrogens with zero attached hydrogens (tertiary/aromatic N) is 3. The monoisotopic (exact) mass is 316 g/mol. The molecule has 0 bridgehead atoms. The molecule has 0 amide bonds. The van der Waals surface area contributed by atoms with Crippen LogP contribution in [-0.2, 0) is 9.47 Å². The highest BCUT2D eigenvalue weighted by molar-refractivity contribution is 7.96. The van der Waals surface area contributed by atoms with Crippen LogP contribution >= 0.6 is 12.1 Å². The Morgan fingerprint density at radius 3 is 2.71 bits per heavy atom. The first kappa shape index (κ1) is 18.4. The molecule has 0 spiro atoms. The summed E-state index contributed by atoms with van der Waals surface area (Å²) in [5.41, 5.74) is 0.146. The molecule has 0 atom stereocenters. The standard InChI is InChI=1S/C14H28N4O2S/c1-14(2,3)16-6-5-9-20-13(17-21-15-4)12-18-7-10-19-11-8-18/h16H,4-12H2,1-3H3/b17-13+. The maximum atomic E-state index is 5.78. The number of morpholine rings is 1. The van der Waals surface area contributed by atoms with E-state index in [9.17, 15) is 0 Å². The number of hydrogen-bond acceptors (Lipinski definition) is 7. The lowest BCUT2D eigenvalue weighted by Gasteiger charge is -2.26. The molecule has 1 heterocycles. The van der Waals surface area contributed by atoms with Crippen LogP contribution in [0.5, 0.6) is 0 Å². The van der Waals surface area contributed by atoms with Crippen LogP contribution in [0.15, 0.2) is 8.80 Å². The molecule has 0 aromatic carbocycles. The van der Waals surface area contributed by atoms with E-state index < -0.39 is 0 Å². The predicted molar refractivity (Wildman–Crippen MR) is 90.2 cm³/mol. The summed E-state index contributed by atoms with van der Waals surface area (Å²) in [5, 5.41) is 3.44. The fraction of sp³-hybridized carbons (Fsp3) is 0.857. The molecule has 7 heteroatoms. The molecule has 122 valence electrons. The molecule has 1 aliphatic heterocycles. The maximum absolute atomic E-state index is 5.78. The van der Waals surface area contributed by atoms with Gasteiger partial charge in [0.1, 0.15) is 12.1 Å². The second kappa shape index (κ2) is 10.2. The van der Waals surface area contributed by atoms with E-state index in [2.05, 4.69) is 46.5 Å². The van der Waals surface area contributed by atoms with Crippen molar-refractivity contribution in [2.24, 2.45) is 8.80 Å². The number of rotatable bonds is 8. The van der Waals surface area contributed by atoms with Gasteiger partial charge in [0, 0.05) is 25.3 Å². The Bertz CT molecular complexity index is 325. The SMILES string of the molecule is C=NS/N=C(\CN1CCOCC1)OCCCNC(C)(C)C. The van der Waals surface area contributed by atoms with Crippen LogP contribution in [0.4, 0.5) is 0 Å². The second-order valence-corrected chi connectivity index (χ2v) is 6.57. The van der Waals surface area contributed by atoms with Gasteiger partial charge in [0.05, 0.1) is 26.4 Å². The van der Waals surface area contributed by atoms with Crippen LogP contribution in [-0.4, -0.2) is 69.1 Å². The van der Waals surface area contributed by atoms with Gasteiger partial charge in [0.2, 0.25) is 5.90 Å². The summed E-state index contributed by atoms with van der Waals surface area (Å²) in [6, 6.07) is 0. The molecule has 1 N–H and O–H groups in total. The van der Waals surface area contributed by atoms with Crippen LogP contribution in [0.2, 0.25) is 0 Å². The van der Waals surface area contributed by atoms with Crippen LogP contribution in [0.3, 0.4) is 0 Å². The third-order valence-corrected chi connectivity index (χ3v) is 3.31. The zero-order valence-corrected chi connectivity index (χ0v) is 14.2. The predicted octanol–water partition coefficient (Wildman–Crippen LogP) is 1.78. The summed E-state index contributed by atoms with van der Waals surface area (Å²) in [6.45, 7) is 15.6. The molecule has 0 aliphatic carbocycles. The molecule has 1 rings (SSSR count). The van der Waals surface area contributed by atoms with Gasteiger partial charge in [-0.25, -0.2) is 4.40 Å². The van der Waals surface area contributed by atoms with Gasteiger partial charge in [0.25, 0.3) is 0 Å². The first-order chi connectivity index (χ1) is 10.0. The average molecular weight is 316 g/mol. The molecule has 1 aliphatic rings. The number of nitrogens with one attached hydrogen (secondary N) is 1. The Labute approximate surface area is 132 Å². The van der Waals surface area contributed by atoms with Crippen LogP contribution < -0.4 is 5.32 Å². The van der Waals surface area contributed by atoms with Crippen molar-refractivity contribution in [3.63, 3.8) is 0 Å². The fourth-order valence-corrected chi connectivity index (χ4v) is 2.11. The number of hydrogen-bond donors (Lipinski definition) is 1. The molecule has 21 heavy (non-hydrogen) atoms. The quantitative estimate of drug-likeness (QED) is 0.320. The molecule has 0 aromatic rings. The first-order valence-corrected chi connectivity index (χ1v) is 8.11. The summed E-state index contributed by atoms with van der Waals surface area (Å²) in [7, 11) is 0. The third-order valence-electron chi connectivity index (χ3n) is 2.91. The summed E-state index contributed by atoms with van der Waals surface area (Å²) < 4.78 is 19.1. The Hall–Kier alpha value is -0.630. The van der Waals surface area contributed by atoms with Crippen molar-refractivity contribution in [1.82, 2.24) is 10.2 Å². The van der Waals surface area contributed by atoms with Gasteiger partial charge in [-0.2, -0.15) is 4.40 Å². The average Bonchev–Trinajstić information content (AvgIpc) is 2.44. The van der Waals surface area contributed by atoms with Gasteiger partial charge >= 0.3 is 0 Å². The van der Waals surface area contributed by atoms with Gasteiger partial charge in [-0.05, 0) is 33.7 Å². The lowest BCUT2D eigenvalue weighted by Crippen LogP contribution is -2.40. The molecule has 0 saturated carbocycles. The van der Waals surface area contributed by atoms with Crippen molar-refractivity contribution < 1.29 is 9.47 Å². The highest BCUT2D eigenvalue weighted by atomic mass is 32.2. The molecule has 1 fully saturated rings. The minimum absolute atomic E-state index is 0.146. The van der Waals surface area contributed by atoms with E-state index in [1.165, 1.54) is 0 Å². The molecule has 0 aromatic heterocycles. The summed E-state index contributed by atoms with van der Waals surface area (Å²) >= 11 is 1.08. The smallest absolute Gasteiger partial charge is 0.211 e. The largest absolute Gasteiger partial charge is 0.479 e. The van der Waals surface area contributed by atoms with Crippen molar-refractivity contribution >= 4 is 24.7 Å². The molecule has 0 unspecified atom stereocenters. The van der Waals surface area contributed by atoms with E-state index >= 15 is 0 Å². The van der Waals surface area contributed by atoms with Gasteiger partial charge < -0.3 is 14.8 Å². The second-order valence-electron chi connectivity index (χ2n) is 5.96. The molecule has 6 nitrogen and oxygen atoms in total. The zero-order valence-electron chi connectivity index (χ0n) is 13.4. The normalized spacial score (nSPS) is 17.8. The molecule has 0 radical (unpaired) electrons. The summed E-state index contributed by atoms with van der Waals surface area (Å²) in [4.78, 5) is 2.28. The van der Waals surface area contributed by atoms with Crippen LogP contribution in [0.25, 0.3) is 0 Å². The van der Waals surface area contributed by atoms with Crippen molar-refractivity contribution in [3.8, 4) is 0 Å². The summed E-state index contributed by atoms with van der Waals surface area (Å²) in [5.74, 6) is 0.713. The van der Waals surface area contributed by atoms with Gasteiger partial charge in [-0.15, -0.1) is 0 Å². The van der Waals surface area contributed by atoms with E-state index in [0.29, 0.717) is 19.0 Å². The lowest BCUT2D eigenvalue weighted by atomic mass is 10.1. The van der Waals surface area contributed by atoms with E-state index in [4.69, 9.17) is 9.47 Å². The lowest BCUT2D eigenvalue weighted by molar-refractivity contribution is 0.0427. The van der Waals surface area contributed by atoms with Gasteiger partial charge in [0.15, 0.2) is 0 Å². The highest BCUT2D eigenvalue weighted by Gasteiger charge is 2.14. The first-order valence-electron chi connectivity index (χ1n) is 7.38. The van der Waals surface area contributed by atoms with E-state index in [1.807, 2.05) is 0 Å². The van der Waals surface area contributed by atoms with Gasteiger partial charge in [-0.3, -0.25) is 4.90 Å². The Kier molecular flexibility index (Phi) is 8.91. The molecule has 1 saturated heterocycles. The zero-order chi connectivity index (χ0) is 15.6. The minimum Gasteiger partial charge on any atom is -0.479 e. The van der Waals surface area contributed by atoms with Crippen molar-refractivity contribution in [2.75, 3.05) is 46.0 Å². The number of ether oxygens (including phenoxy) is 2. The van der Waals surface area contributed by atoms with Crippen LogP contribution in [0, 0.1) is 0 Å². The minimum atomic E-state index is 0.146. The topological polar surface area (TPSA) is 58.5 Å². The summed E-state index contributed by atoms with van der Waals surface area (Å²) in [6.07, 6.45) is 0.950. The Balaban J connectivity index is 2.27. The Morgan fingerprint density at radius 2 is 2.10 bits per heavy atom. The third kappa shape index (κ3) is 9.84. The van der Waals surface area contributed by atoms with Crippen molar-refractivity contribution in [2.45, 2.75) is 32.7 Å². The highest BCUT2D eigenvalue weighted by Crippen LogP contribution is 2.06.